The molecular weight excluding hydrogens is 327 g/mol. The number of ether oxygens (including phenoxy) is 1. The lowest BCUT2D eigenvalue weighted by atomic mass is 10.1. The Labute approximate surface area is 156 Å². The Morgan fingerprint density at radius 1 is 0.962 bits per heavy atom. The quantitative estimate of drug-likeness (QED) is 0.746. The molecule has 0 saturated carbocycles. The van der Waals surface area contributed by atoms with Gasteiger partial charge in [-0.2, -0.15) is 0 Å². The van der Waals surface area contributed by atoms with Gasteiger partial charge >= 0.3 is 0 Å². The second-order valence-electron chi connectivity index (χ2n) is 7.02. The fourth-order valence-corrected chi connectivity index (χ4v) is 3.65. The summed E-state index contributed by atoms with van der Waals surface area (Å²) in [6.07, 6.45) is 3.53. The van der Waals surface area contributed by atoms with Crippen LogP contribution >= 0.6 is 0 Å². The van der Waals surface area contributed by atoms with Gasteiger partial charge in [-0.1, -0.05) is 36.4 Å². The molecule has 0 bridgehead atoms. The van der Waals surface area contributed by atoms with Crippen molar-refractivity contribution in [3.05, 3.63) is 65.5 Å². The molecule has 0 aromatic heterocycles. The van der Waals surface area contributed by atoms with Crippen LogP contribution in [0.1, 0.15) is 24.0 Å². The Balaban J connectivity index is 1.46. The molecule has 140 valence electrons. The molecule has 3 rings (SSSR count). The second-order valence-corrected chi connectivity index (χ2v) is 7.02. The van der Waals surface area contributed by atoms with Crippen LogP contribution in [-0.2, 0) is 13.0 Å². The number of halogens is 1. The fraction of sp³-hybridized carbons (Fsp3) is 0.455. The topological polar surface area (TPSA) is 15.7 Å². The second kappa shape index (κ2) is 9.70. The molecule has 1 aliphatic heterocycles. The van der Waals surface area contributed by atoms with Gasteiger partial charge in [0.15, 0.2) is 0 Å². The molecule has 1 heterocycles. The summed E-state index contributed by atoms with van der Waals surface area (Å²) < 4.78 is 18.7. The Bertz CT molecular complexity index is 677. The SMILES string of the molecule is COc1cc(F)ccc1CN1CCCN(CCCc2ccccc2)CC1. The first-order valence-electron chi connectivity index (χ1n) is 9.55. The molecule has 2 aromatic rings. The predicted octanol–water partition coefficient (Wildman–Crippen LogP) is 3.97. The molecule has 0 amide bonds. The van der Waals surface area contributed by atoms with E-state index in [-0.39, 0.29) is 5.82 Å². The maximum Gasteiger partial charge on any atom is 0.126 e. The van der Waals surface area contributed by atoms with Crippen molar-refractivity contribution < 1.29 is 9.13 Å². The highest BCUT2D eigenvalue weighted by Crippen LogP contribution is 2.22. The standard InChI is InChI=1S/C22H29FN2O/c1-26-22-17-21(23)11-10-20(22)18-25-14-6-13-24(15-16-25)12-5-9-19-7-3-2-4-8-19/h2-4,7-8,10-11,17H,5-6,9,12-16,18H2,1H3. The van der Waals surface area contributed by atoms with Crippen molar-refractivity contribution >= 4 is 0 Å². The zero-order valence-electron chi connectivity index (χ0n) is 15.7. The van der Waals surface area contributed by atoms with E-state index in [9.17, 15) is 4.39 Å². The van der Waals surface area contributed by atoms with Gasteiger partial charge in [0.05, 0.1) is 7.11 Å². The molecule has 3 nitrogen and oxygen atoms in total. The zero-order valence-corrected chi connectivity index (χ0v) is 15.7. The minimum atomic E-state index is -0.244. The van der Waals surface area contributed by atoms with Gasteiger partial charge < -0.3 is 9.64 Å². The van der Waals surface area contributed by atoms with E-state index >= 15 is 0 Å². The van der Waals surface area contributed by atoms with E-state index in [2.05, 4.69) is 40.1 Å². The first kappa shape index (κ1) is 18.9. The van der Waals surface area contributed by atoms with Crippen molar-refractivity contribution in [2.24, 2.45) is 0 Å². The zero-order chi connectivity index (χ0) is 18.2. The molecule has 1 fully saturated rings. The third kappa shape index (κ3) is 5.55. The van der Waals surface area contributed by atoms with Gasteiger partial charge in [-0.3, -0.25) is 4.90 Å². The molecule has 4 heteroatoms. The lowest BCUT2D eigenvalue weighted by molar-refractivity contribution is 0.247. The average molecular weight is 356 g/mol. The van der Waals surface area contributed by atoms with Crippen LogP contribution in [0.3, 0.4) is 0 Å². The molecule has 2 aromatic carbocycles. The Hall–Kier alpha value is -1.91. The number of methoxy groups -OCH3 is 1. The van der Waals surface area contributed by atoms with Gasteiger partial charge in [-0.25, -0.2) is 4.39 Å². The monoisotopic (exact) mass is 356 g/mol. The van der Waals surface area contributed by atoms with E-state index in [1.165, 1.54) is 30.5 Å². The van der Waals surface area contributed by atoms with E-state index < -0.39 is 0 Å². The van der Waals surface area contributed by atoms with Crippen LogP contribution in [0.15, 0.2) is 48.5 Å². The summed E-state index contributed by atoms with van der Waals surface area (Å²) in [5, 5.41) is 0. The van der Waals surface area contributed by atoms with Crippen molar-refractivity contribution in [1.82, 2.24) is 9.80 Å². The first-order chi connectivity index (χ1) is 12.7. The van der Waals surface area contributed by atoms with Crippen LogP contribution in [0.2, 0.25) is 0 Å². The van der Waals surface area contributed by atoms with Gasteiger partial charge in [-0.05, 0) is 50.5 Å². The van der Waals surface area contributed by atoms with Crippen molar-refractivity contribution in [2.75, 3.05) is 39.8 Å². The molecule has 0 N–H and O–H groups in total. The highest BCUT2D eigenvalue weighted by molar-refractivity contribution is 5.33. The van der Waals surface area contributed by atoms with Gasteiger partial charge in [0, 0.05) is 31.3 Å². The minimum Gasteiger partial charge on any atom is -0.496 e. The van der Waals surface area contributed by atoms with Crippen molar-refractivity contribution in [3.8, 4) is 5.75 Å². The number of hydrogen-bond acceptors (Lipinski definition) is 3. The summed E-state index contributed by atoms with van der Waals surface area (Å²) in [7, 11) is 1.61. The lowest BCUT2D eigenvalue weighted by Crippen LogP contribution is -2.31. The van der Waals surface area contributed by atoms with Crippen molar-refractivity contribution in [2.45, 2.75) is 25.8 Å². The Morgan fingerprint density at radius 2 is 1.73 bits per heavy atom. The third-order valence-electron chi connectivity index (χ3n) is 5.11. The van der Waals surface area contributed by atoms with Crippen LogP contribution in [-0.4, -0.2) is 49.6 Å². The normalized spacial score (nSPS) is 16.4. The Kier molecular flexibility index (Phi) is 7.04. The summed E-state index contributed by atoms with van der Waals surface area (Å²) in [6, 6.07) is 15.6. The van der Waals surface area contributed by atoms with E-state index in [4.69, 9.17) is 4.74 Å². The minimum absolute atomic E-state index is 0.244. The van der Waals surface area contributed by atoms with E-state index in [0.717, 1.165) is 51.3 Å². The van der Waals surface area contributed by atoms with Crippen LogP contribution in [0.25, 0.3) is 0 Å². The van der Waals surface area contributed by atoms with Gasteiger partial charge in [0.1, 0.15) is 11.6 Å². The number of rotatable bonds is 7. The van der Waals surface area contributed by atoms with Gasteiger partial charge in [0.2, 0.25) is 0 Å². The number of hydrogen-bond donors (Lipinski definition) is 0. The van der Waals surface area contributed by atoms with Crippen LogP contribution in [0.4, 0.5) is 4.39 Å². The maximum absolute atomic E-state index is 13.4. The van der Waals surface area contributed by atoms with E-state index in [1.807, 2.05) is 6.07 Å². The largest absolute Gasteiger partial charge is 0.496 e. The predicted molar refractivity (Wildman–Crippen MR) is 104 cm³/mol. The summed E-state index contributed by atoms with van der Waals surface area (Å²) in [5.74, 6) is 0.403. The van der Waals surface area contributed by atoms with Crippen LogP contribution in [0.5, 0.6) is 5.75 Å². The van der Waals surface area contributed by atoms with Gasteiger partial charge in [-0.15, -0.1) is 0 Å². The fourth-order valence-electron chi connectivity index (χ4n) is 3.65. The van der Waals surface area contributed by atoms with E-state index in [0.29, 0.717) is 5.75 Å². The van der Waals surface area contributed by atoms with E-state index in [1.54, 1.807) is 7.11 Å². The third-order valence-corrected chi connectivity index (χ3v) is 5.11. The molecule has 1 saturated heterocycles. The molecule has 0 unspecified atom stereocenters. The number of nitrogens with zero attached hydrogens (tertiary/aromatic N) is 2. The lowest BCUT2D eigenvalue weighted by Gasteiger charge is -2.22. The summed E-state index contributed by atoms with van der Waals surface area (Å²) in [4.78, 5) is 5.03. The average Bonchev–Trinajstić information content (AvgIpc) is 2.89. The molecule has 0 aliphatic carbocycles. The van der Waals surface area contributed by atoms with Crippen LogP contribution in [0, 0.1) is 5.82 Å². The molecular formula is C22H29FN2O. The summed E-state index contributed by atoms with van der Waals surface area (Å²) >= 11 is 0. The number of aryl methyl sites for hydroxylation is 1. The maximum atomic E-state index is 13.4. The summed E-state index contributed by atoms with van der Waals surface area (Å²) in [5.41, 5.74) is 2.48. The molecule has 26 heavy (non-hydrogen) atoms. The molecule has 1 aliphatic rings. The first-order valence-corrected chi connectivity index (χ1v) is 9.55. The smallest absolute Gasteiger partial charge is 0.126 e. The van der Waals surface area contributed by atoms with Crippen molar-refractivity contribution in [3.63, 3.8) is 0 Å². The van der Waals surface area contributed by atoms with Gasteiger partial charge in [0.25, 0.3) is 0 Å². The molecule has 0 atom stereocenters. The highest BCUT2D eigenvalue weighted by atomic mass is 19.1. The number of benzene rings is 2. The summed E-state index contributed by atoms with van der Waals surface area (Å²) in [6.45, 7) is 6.36. The highest BCUT2D eigenvalue weighted by Gasteiger charge is 2.16. The van der Waals surface area contributed by atoms with Crippen LogP contribution < -0.4 is 4.74 Å². The molecule has 0 radical (unpaired) electrons. The molecule has 0 spiro atoms. The Morgan fingerprint density at radius 3 is 2.54 bits per heavy atom. The van der Waals surface area contributed by atoms with Crippen molar-refractivity contribution in [1.29, 1.82) is 0 Å².